The van der Waals surface area contributed by atoms with Crippen LogP contribution in [0.5, 0.6) is 0 Å². The summed E-state index contributed by atoms with van der Waals surface area (Å²) in [6, 6.07) is 4.31. The number of nitro benzene ring substituents is 1. The van der Waals surface area contributed by atoms with Gasteiger partial charge in [0, 0.05) is 17.5 Å². The zero-order chi connectivity index (χ0) is 13.8. The second kappa shape index (κ2) is 5.18. The third-order valence-corrected chi connectivity index (χ3v) is 2.42. The Morgan fingerprint density at radius 2 is 2.37 bits per heavy atom. The van der Waals surface area contributed by atoms with Crippen molar-refractivity contribution in [2.45, 2.75) is 6.42 Å². The molecule has 0 radical (unpaired) electrons. The van der Waals surface area contributed by atoms with E-state index in [0.717, 1.165) is 0 Å². The van der Waals surface area contributed by atoms with Crippen molar-refractivity contribution in [1.82, 2.24) is 10.2 Å². The molecule has 0 saturated carbocycles. The Kier molecular flexibility index (Phi) is 3.43. The van der Waals surface area contributed by atoms with Crippen LogP contribution in [-0.4, -0.2) is 28.2 Å². The molecule has 1 aromatic carbocycles. The number of hydrogen-bond donors (Lipinski definition) is 1. The summed E-state index contributed by atoms with van der Waals surface area (Å²) < 4.78 is 4.46. The third-order valence-electron chi connectivity index (χ3n) is 2.42. The highest BCUT2D eigenvalue weighted by Crippen LogP contribution is 2.20. The van der Waals surface area contributed by atoms with Crippen LogP contribution in [0.1, 0.15) is 12.1 Å². The number of nitrogens with zero attached hydrogens (tertiary/aromatic N) is 2. The van der Waals surface area contributed by atoms with Gasteiger partial charge in [0.05, 0.1) is 12.0 Å². The topological polar surface area (TPSA) is 98.1 Å². The molecule has 0 atom stereocenters. The highest BCUT2D eigenvalue weighted by molar-refractivity contribution is 5.86. The number of carbonyl (C=O) groups is 1. The summed E-state index contributed by atoms with van der Waals surface area (Å²) in [6.07, 6.45) is -0.0238. The van der Waals surface area contributed by atoms with E-state index < -0.39 is 10.9 Å². The SMILES string of the molecule is COC(=O)CC#Cc1[nH]nc2cc([N+](=O)[O-])ccc12. The number of ether oxygens (including phenoxy) is 1. The van der Waals surface area contributed by atoms with Gasteiger partial charge >= 0.3 is 5.97 Å². The maximum Gasteiger partial charge on any atom is 0.317 e. The smallest absolute Gasteiger partial charge is 0.317 e. The molecule has 0 fully saturated rings. The minimum atomic E-state index is -0.489. The molecule has 0 aliphatic carbocycles. The average Bonchev–Trinajstić information content (AvgIpc) is 2.81. The number of rotatable bonds is 2. The molecule has 0 aliphatic rings. The fourth-order valence-electron chi connectivity index (χ4n) is 1.49. The first-order chi connectivity index (χ1) is 9.11. The Hall–Kier alpha value is -2.88. The predicted molar refractivity (Wildman–Crippen MR) is 66.3 cm³/mol. The van der Waals surface area contributed by atoms with Gasteiger partial charge in [-0.25, -0.2) is 0 Å². The van der Waals surface area contributed by atoms with Gasteiger partial charge in [0.2, 0.25) is 0 Å². The van der Waals surface area contributed by atoms with E-state index in [-0.39, 0.29) is 12.1 Å². The van der Waals surface area contributed by atoms with Crippen LogP contribution in [-0.2, 0) is 9.53 Å². The molecule has 1 aromatic heterocycles. The monoisotopic (exact) mass is 259 g/mol. The average molecular weight is 259 g/mol. The Bertz CT molecular complexity index is 709. The second-order valence-corrected chi connectivity index (χ2v) is 3.61. The summed E-state index contributed by atoms with van der Waals surface area (Å²) >= 11 is 0. The maximum absolute atomic E-state index is 10.9. The van der Waals surface area contributed by atoms with Gasteiger partial charge in [0.25, 0.3) is 5.69 Å². The van der Waals surface area contributed by atoms with E-state index in [9.17, 15) is 14.9 Å². The van der Waals surface area contributed by atoms with E-state index in [2.05, 4.69) is 26.8 Å². The molecule has 19 heavy (non-hydrogen) atoms. The number of aromatic amines is 1. The first kappa shape index (κ1) is 12.6. The molecule has 0 bridgehead atoms. The van der Waals surface area contributed by atoms with Gasteiger partial charge in [0.15, 0.2) is 0 Å². The standard InChI is InChI=1S/C12H9N3O4/c1-19-12(16)4-2-3-10-9-6-5-8(15(17)18)7-11(9)14-13-10/h5-7H,4H2,1H3,(H,13,14). The number of hydrogen-bond acceptors (Lipinski definition) is 5. The number of nitro groups is 1. The van der Waals surface area contributed by atoms with Gasteiger partial charge in [-0.1, -0.05) is 5.92 Å². The molecule has 2 rings (SSSR count). The first-order valence-corrected chi connectivity index (χ1v) is 5.30. The number of H-pyrrole nitrogens is 1. The zero-order valence-electron chi connectivity index (χ0n) is 9.97. The largest absolute Gasteiger partial charge is 0.468 e. The maximum atomic E-state index is 10.9. The fraction of sp³-hybridized carbons (Fsp3) is 0.167. The quantitative estimate of drug-likeness (QED) is 0.380. The Labute approximate surface area is 107 Å². The number of nitrogens with one attached hydrogen (secondary N) is 1. The van der Waals surface area contributed by atoms with E-state index in [1.54, 1.807) is 6.07 Å². The molecular formula is C12H9N3O4. The molecule has 0 unspecified atom stereocenters. The highest BCUT2D eigenvalue weighted by atomic mass is 16.6. The van der Waals surface area contributed by atoms with Gasteiger partial charge in [-0.15, -0.1) is 0 Å². The molecule has 1 heterocycles. The summed E-state index contributed by atoms with van der Waals surface area (Å²) in [7, 11) is 1.29. The number of fused-ring (bicyclic) bond motifs is 1. The second-order valence-electron chi connectivity index (χ2n) is 3.61. The van der Waals surface area contributed by atoms with Crippen LogP contribution in [0.3, 0.4) is 0 Å². The van der Waals surface area contributed by atoms with E-state index in [0.29, 0.717) is 16.6 Å². The highest BCUT2D eigenvalue weighted by Gasteiger charge is 2.10. The Balaban J connectivity index is 2.31. The Morgan fingerprint density at radius 1 is 1.58 bits per heavy atom. The Morgan fingerprint density at radius 3 is 3.05 bits per heavy atom. The van der Waals surface area contributed by atoms with Crippen molar-refractivity contribution in [2.24, 2.45) is 0 Å². The van der Waals surface area contributed by atoms with Gasteiger partial charge in [0.1, 0.15) is 17.6 Å². The number of esters is 1. The molecule has 1 N–H and O–H groups in total. The number of aromatic nitrogens is 2. The van der Waals surface area contributed by atoms with Crippen LogP contribution in [0, 0.1) is 22.0 Å². The number of non-ortho nitro benzene ring substituents is 1. The molecule has 0 spiro atoms. The molecular weight excluding hydrogens is 250 g/mol. The van der Waals surface area contributed by atoms with Crippen molar-refractivity contribution in [3.8, 4) is 11.8 Å². The van der Waals surface area contributed by atoms with Crippen molar-refractivity contribution in [2.75, 3.05) is 7.11 Å². The summed E-state index contributed by atoms with van der Waals surface area (Å²) in [5.41, 5.74) is 0.929. The number of benzene rings is 1. The minimum absolute atomic E-state index is 0.0238. The van der Waals surface area contributed by atoms with Crippen molar-refractivity contribution >= 4 is 22.6 Å². The van der Waals surface area contributed by atoms with Crippen molar-refractivity contribution in [3.63, 3.8) is 0 Å². The molecule has 2 aromatic rings. The molecule has 7 nitrogen and oxygen atoms in total. The summed E-state index contributed by atoms with van der Waals surface area (Å²) in [6.45, 7) is 0. The lowest BCUT2D eigenvalue weighted by molar-refractivity contribution is -0.384. The van der Waals surface area contributed by atoms with Gasteiger partial charge < -0.3 is 4.74 Å². The van der Waals surface area contributed by atoms with Crippen LogP contribution in [0.25, 0.3) is 10.9 Å². The molecule has 7 heteroatoms. The molecule has 0 aliphatic heterocycles. The minimum Gasteiger partial charge on any atom is -0.468 e. The third kappa shape index (κ3) is 2.69. The number of methoxy groups -OCH3 is 1. The zero-order valence-corrected chi connectivity index (χ0v) is 9.97. The molecule has 96 valence electrons. The van der Waals surface area contributed by atoms with Crippen LogP contribution in [0.2, 0.25) is 0 Å². The van der Waals surface area contributed by atoms with E-state index in [4.69, 9.17) is 0 Å². The van der Waals surface area contributed by atoms with E-state index in [1.165, 1.54) is 19.2 Å². The lowest BCUT2D eigenvalue weighted by Crippen LogP contribution is -1.97. The van der Waals surface area contributed by atoms with E-state index >= 15 is 0 Å². The van der Waals surface area contributed by atoms with Crippen LogP contribution in [0.4, 0.5) is 5.69 Å². The lowest BCUT2D eigenvalue weighted by Gasteiger charge is -1.91. The van der Waals surface area contributed by atoms with Gasteiger partial charge in [-0.3, -0.25) is 20.0 Å². The predicted octanol–water partition coefficient (Wildman–Crippen LogP) is 1.39. The summed E-state index contributed by atoms with van der Waals surface area (Å²) in [5.74, 6) is 4.96. The first-order valence-electron chi connectivity index (χ1n) is 5.30. The normalized spacial score (nSPS) is 9.74. The van der Waals surface area contributed by atoms with Crippen LogP contribution < -0.4 is 0 Å². The van der Waals surface area contributed by atoms with Crippen molar-refractivity contribution in [1.29, 1.82) is 0 Å². The summed E-state index contributed by atoms with van der Waals surface area (Å²) in [4.78, 5) is 21.0. The molecule has 0 amide bonds. The van der Waals surface area contributed by atoms with Gasteiger partial charge in [-0.05, 0) is 12.0 Å². The fourth-order valence-corrected chi connectivity index (χ4v) is 1.49. The van der Waals surface area contributed by atoms with E-state index in [1.807, 2.05) is 0 Å². The molecule has 0 saturated heterocycles. The van der Waals surface area contributed by atoms with Crippen molar-refractivity contribution in [3.05, 3.63) is 34.0 Å². The van der Waals surface area contributed by atoms with Crippen LogP contribution in [0.15, 0.2) is 18.2 Å². The lowest BCUT2D eigenvalue weighted by atomic mass is 10.2. The van der Waals surface area contributed by atoms with Gasteiger partial charge in [-0.2, -0.15) is 5.10 Å². The van der Waals surface area contributed by atoms with Crippen LogP contribution >= 0.6 is 0 Å². The van der Waals surface area contributed by atoms with Crippen molar-refractivity contribution < 1.29 is 14.5 Å². The number of carbonyl (C=O) groups excluding carboxylic acids is 1. The summed E-state index contributed by atoms with van der Waals surface area (Å²) in [5, 5.41) is 17.9.